The number of aliphatic carboxylic acids is 1. The average Bonchev–Trinajstić information content (AvgIpc) is 2.31. The molecule has 1 aromatic carbocycles. The van der Waals surface area contributed by atoms with E-state index in [2.05, 4.69) is 0 Å². The molecule has 1 rings (SSSR count). The topological polar surface area (TPSA) is 57.6 Å². The number of carboxylic acid groups (broad SMARTS) is 1. The quantitative estimate of drug-likeness (QED) is 0.913. The van der Waals surface area contributed by atoms with E-state index in [1.54, 1.807) is 39.1 Å². The van der Waals surface area contributed by atoms with Crippen molar-refractivity contribution in [2.45, 2.75) is 13.8 Å². The fourth-order valence-electron chi connectivity index (χ4n) is 1.62. The van der Waals surface area contributed by atoms with E-state index in [0.29, 0.717) is 16.1 Å². The van der Waals surface area contributed by atoms with Gasteiger partial charge in [-0.05, 0) is 24.6 Å². The van der Waals surface area contributed by atoms with Crippen LogP contribution in [0, 0.1) is 12.8 Å². The van der Waals surface area contributed by atoms with Crippen LogP contribution >= 0.6 is 11.6 Å². The van der Waals surface area contributed by atoms with Crippen LogP contribution in [0.3, 0.4) is 0 Å². The average molecular weight is 270 g/mol. The summed E-state index contributed by atoms with van der Waals surface area (Å²) in [6.07, 6.45) is 0. The van der Waals surface area contributed by atoms with Gasteiger partial charge in [0.1, 0.15) is 0 Å². The van der Waals surface area contributed by atoms with Gasteiger partial charge >= 0.3 is 5.97 Å². The first-order chi connectivity index (χ1) is 8.34. The van der Waals surface area contributed by atoms with Crippen molar-refractivity contribution in [1.29, 1.82) is 0 Å². The van der Waals surface area contributed by atoms with Crippen molar-refractivity contribution in [3.8, 4) is 0 Å². The molecular formula is C13H16ClNO3. The van der Waals surface area contributed by atoms with E-state index in [0.717, 1.165) is 0 Å². The van der Waals surface area contributed by atoms with Crippen LogP contribution in [0.2, 0.25) is 5.02 Å². The van der Waals surface area contributed by atoms with Crippen LogP contribution in [0.4, 0.5) is 0 Å². The van der Waals surface area contributed by atoms with Crippen LogP contribution in [-0.4, -0.2) is 35.5 Å². The second kappa shape index (κ2) is 5.87. The molecule has 0 fully saturated rings. The fourth-order valence-corrected chi connectivity index (χ4v) is 1.79. The number of nitrogens with zero attached hydrogens (tertiary/aromatic N) is 1. The minimum absolute atomic E-state index is 0.167. The number of hydrogen-bond acceptors (Lipinski definition) is 2. The first-order valence-electron chi connectivity index (χ1n) is 5.58. The summed E-state index contributed by atoms with van der Waals surface area (Å²) in [7, 11) is 1.59. The third-order valence-electron chi connectivity index (χ3n) is 2.81. The Labute approximate surface area is 111 Å². The van der Waals surface area contributed by atoms with Gasteiger partial charge in [0.05, 0.1) is 5.92 Å². The van der Waals surface area contributed by atoms with Gasteiger partial charge in [0.2, 0.25) is 0 Å². The highest BCUT2D eigenvalue weighted by Crippen LogP contribution is 2.20. The van der Waals surface area contributed by atoms with Crippen LogP contribution in [0.15, 0.2) is 18.2 Å². The molecule has 0 aliphatic heterocycles. The van der Waals surface area contributed by atoms with E-state index in [-0.39, 0.29) is 12.5 Å². The van der Waals surface area contributed by atoms with Gasteiger partial charge in [0.15, 0.2) is 0 Å². The van der Waals surface area contributed by atoms with Crippen LogP contribution < -0.4 is 0 Å². The molecule has 1 N–H and O–H groups in total. The third kappa shape index (κ3) is 3.23. The van der Waals surface area contributed by atoms with Gasteiger partial charge in [0, 0.05) is 24.2 Å². The summed E-state index contributed by atoms with van der Waals surface area (Å²) in [6, 6.07) is 5.11. The Balaban J connectivity index is 2.87. The fraction of sp³-hybridized carbons (Fsp3) is 0.385. The van der Waals surface area contributed by atoms with Crippen LogP contribution in [0.25, 0.3) is 0 Å². The molecule has 0 saturated carbocycles. The number of carbonyl (C=O) groups excluding carboxylic acids is 1. The predicted molar refractivity (Wildman–Crippen MR) is 69.9 cm³/mol. The maximum atomic E-state index is 12.2. The highest BCUT2D eigenvalue weighted by Gasteiger charge is 2.20. The Hall–Kier alpha value is -1.55. The molecule has 0 bridgehead atoms. The minimum atomic E-state index is -0.919. The predicted octanol–water partition coefficient (Wildman–Crippen LogP) is 2.44. The number of hydrogen-bond donors (Lipinski definition) is 1. The van der Waals surface area contributed by atoms with E-state index in [9.17, 15) is 9.59 Å². The zero-order valence-electron chi connectivity index (χ0n) is 10.6. The number of carbonyl (C=O) groups is 2. The van der Waals surface area contributed by atoms with E-state index in [1.807, 2.05) is 0 Å². The molecule has 5 heteroatoms. The van der Waals surface area contributed by atoms with Gasteiger partial charge in [-0.25, -0.2) is 0 Å². The minimum Gasteiger partial charge on any atom is -0.481 e. The van der Waals surface area contributed by atoms with Gasteiger partial charge in [-0.3, -0.25) is 9.59 Å². The third-order valence-corrected chi connectivity index (χ3v) is 3.22. The highest BCUT2D eigenvalue weighted by molar-refractivity contribution is 6.31. The summed E-state index contributed by atoms with van der Waals surface area (Å²) >= 11 is 5.95. The van der Waals surface area contributed by atoms with Crippen molar-refractivity contribution in [2.75, 3.05) is 13.6 Å². The van der Waals surface area contributed by atoms with Crippen LogP contribution in [-0.2, 0) is 4.79 Å². The van der Waals surface area contributed by atoms with E-state index >= 15 is 0 Å². The largest absolute Gasteiger partial charge is 0.481 e. The maximum absolute atomic E-state index is 12.2. The summed E-state index contributed by atoms with van der Waals surface area (Å²) in [5.41, 5.74) is 1.21. The number of amides is 1. The standard InChI is InChI=1S/C13H16ClNO3/c1-8(13(17)18)7-15(3)12(16)10-5-4-6-11(14)9(10)2/h4-6,8H,7H2,1-3H3,(H,17,18). The summed E-state index contributed by atoms with van der Waals surface area (Å²) in [5, 5.41) is 9.35. The maximum Gasteiger partial charge on any atom is 0.308 e. The van der Waals surface area contributed by atoms with Crippen molar-refractivity contribution < 1.29 is 14.7 Å². The lowest BCUT2D eigenvalue weighted by atomic mass is 10.1. The van der Waals surface area contributed by atoms with Crippen LogP contribution in [0.5, 0.6) is 0 Å². The first-order valence-corrected chi connectivity index (χ1v) is 5.95. The summed E-state index contributed by atoms with van der Waals surface area (Å²) in [5.74, 6) is -1.74. The van der Waals surface area contributed by atoms with Gasteiger partial charge in [-0.15, -0.1) is 0 Å². The highest BCUT2D eigenvalue weighted by atomic mass is 35.5. The number of rotatable bonds is 4. The molecule has 0 spiro atoms. The van der Waals surface area contributed by atoms with Crippen molar-refractivity contribution in [3.63, 3.8) is 0 Å². The smallest absolute Gasteiger partial charge is 0.308 e. The molecule has 1 unspecified atom stereocenters. The zero-order valence-corrected chi connectivity index (χ0v) is 11.4. The van der Waals surface area contributed by atoms with Crippen molar-refractivity contribution in [3.05, 3.63) is 34.3 Å². The molecular weight excluding hydrogens is 254 g/mol. The Bertz CT molecular complexity index is 473. The normalized spacial score (nSPS) is 12.0. The molecule has 1 atom stereocenters. The second-order valence-electron chi connectivity index (χ2n) is 4.34. The number of benzene rings is 1. The second-order valence-corrected chi connectivity index (χ2v) is 4.74. The van der Waals surface area contributed by atoms with Gasteiger partial charge in [0.25, 0.3) is 5.91 Å². The van der Waals surface area contributed by atoms with E-state index < -0.39 is 11.9 Å². The Morgan fingerprint density at radius 3 is 2.61 bits per heavy atom. The van der Waals surface area contributed by atoms with Gasteiger partial charge < -0.3 is 10.0 Å². The monoisotopic (exact) mass is 269 g/mol. The summed E-state index contributed by atoms with van der Waals surface area (Å²) in [6.45, 7) is 3.50. The Morgan fingerprint density at radius 2 is 2.06 bits per heavy atom. The first kappa shape index (κ1) is 14.5. The van der Waals surface area contributed by atoms with E-state index in [4.69, 9.17) is 16.7 Å². The molecule has 1 amide bonds. The lowest BCUT2D eigenvalue weighted by Crippen LogP contribution is -2.34. The molecule has 18 heavy (non-hydrogen) atoms. The van der Waals surface area contributed by atoms with Crippen molar-refractivity contribution >= 4 is 23.5 Å². The van der Waals surface area contributed by atoms with Crippen LogP contribution in [0.1, 0.15) is 22.8 Å². The summed E-state index contributed by atoms with van der Waals surface area (Å²) < 4.78 is 0. The molecule has 98 valence electrons. The Morgan fingerprint density at radius 1 is 1.44 bits per heavy atom. The molecule has 0 aromatic heterocycles. The van der Waals surface area contributed by atoms with E-state index in [1.165, 1.54) is 4.90 Å². The molecule has 0 heterocycles. The number of carboxylic acids is 1. The Kier molecular flexibility index (Phi) is 4.73. The SMILES string of the molecule is Cc1c(Cl)cccc1C(=O)N(C)CC(C)C(=O)O. The molecule has 1 aromatic rings. The van der Waals surface area contributed by atoms with Crippen molar-refractivity contribution in [2.24, 2.45) is 5.92 Å². The van der Waals surface area contributed by atoms with Gasteiger partial charge in [-0.1, -0.05) is 24.6 Å². The molecule has 0 aliphatic carbocycles. The summed E-state index contributed by atoms with van der Waals surface area (Å²) in [4.78, 5) is 24.3. The molecule has 0 aliphatic rings. The van der Waals surface area contributed by atoms with Crippen molar-refractivity contribution in [1.82, 2.24) is 4.90 Å². The van der Waals surface area contributed by atoms with Gasteiger partial charge in [-0.2, -0.15) is 0 Å². The molecule has 4 nitrogen and oxygen atoms in total. The zero-order chi connectivity index (χ0) is 13.9. The molecule has 0 saturated heterocycles. The molecule has 0 radical (unpaired) electrons. The lowest BCUT2D eigenvalue weighted by molar-refractivity contribution is -0.141. The number of halogens is 1. The lowest BCUT2D eigenvalue weighted by Gasteiger charge is -2.20.